The molecule has 0 radical (unpaired) electrons. The highest BCUT2D eigenvalue weighted by atomic mass is 32.1. The van der Waals surface area contributed by atoms with Crippen molar-refractivity contribution < 1.29 is 0 Å². The van der Waals surface area contributed by atoms with Crippen LogP contribution in [0, 0.1) is 6.92 Å². The van der Waals surface area contributed by atoms with Crippen LogP contribution >= 0.6 is 11.3 Å². The van der Waals surface area contributed by atoms with Gasteiger partial charge in [0.15, 0.2) is 0 Å². The summed E-state index contributed by atoms with van der Waals surface area (Å²) in [5, 5.41) is 13.4. The van der Waals surface area contributed by atoms with E-state index in [-0.39, 0.29) is 6.04 Å². The molecule has 1 unspecified atom stereocenters. The molecule has 3 nitrogen and oxygen atoms in total. The second-order valence-corrected chi connectivity index (χ2v) is 4.58. The molecule has 0 aromatic carbocycles. The van der Waals surface area contributed by atoms with E-state index in [1.807, 2.05) is 12.3 Å². The van der Waals surface area contributed by atoms with Crippen molar-refractivity contribution >= 4 is 11.3 Å². The molecule has 0 aliphatic rings. The monoisotopic (exact) mass is 233 g/mol. The summed E-state index contributed by atoms with van der Waals surface area (Å²) >= 11 is 1.78. The van der Waals surface area contributed by atoms with Gasteiger partial charge in [-0.3, -0.25) is 0 Å². The molecule has 2 aromatic heterocycles. The van der Waals surface area contributed by atoms with Gasteiger partial charge in [-0.05, 0) is 42.1 Å². The first-order valence-electron chi connectivity index (χ1n) is 5.37. The molecule has 0 saturated heterocycles. The number of nitrogens with one attached hydrogen (secondary N) is 1. The van der Waals surface area contributed by atoms with E-state index in [1.54, 1.807) is 17.5 Å². The molecule has 0 aliphatic heterocycles. The van der Waals surface area contributed by atoms with Crippen molar-refractivity contribution in [2.24, 2.45) is 0 Å². The largest absolute Gasteiger partial charge is 0.306 e. The normalized spacial score (nSPS) is 12.6. The maximum Gasteiger partial charge on any atom is 0.0689 e. The van der Waals surface area contributed by atoms with E-state index in [4.69, 9.17) is 0 Å². The van der Waals surface area contributed by atoms with Crippen molar-refractivity contribution in [3.8, 4) is 0 Å². The minimum absolute atomic E-state index is 0.237. The summed E-state index contributed by atoms with van der Waals surface area (Å²) in [6.45, 7) is 5.19. The second kappa shape index (κ2) is 5.18. The number of hydrogen-bond donors (Lipinski definition) is 1. The standard InChI is InChI=1S/C12H15N3S/c1-3-13-11(10-4-6-14-15-8-10)12-9(2)5-7-16-12/h4-8,11,13H,3H2,1-2H3. The van der Waals surface area contributed by atoms with Crippen LogP contribution in [-0.4, -0.2) is 16.7 Å². The molecular weight excluding hydrogens is 218 g/mol. The quantitative estimate of drug-likeness (QED) is 0.882. The Labute approximate surface area is 99.5 Å². The van der Waals surface area contributed by atoms with Crippen molar-refractivity contribution in [1.82, 2.24) is 15.5 Å². The zero-order chi connectivity index (χ0) is 11.4. The fourth-order valence-electron chi connectivity index (χ4n) is 1.72. The molecule has 0 spiro atoms. The summed E-state index contributed by atoms with van der Waals surface area (Å²) in [4.78, 5) is 1.36. The maximum absolute atomic E-state index is 3.94. The number of aromatic nitrogens is 2. The Morgan fingerprint density at radius 3 is 2.81 bits per heavy atom. The van der Waals surface area contributed by atoms with Gasteiger partial charge in [0.05, 0.1) is 12.2 Å². The SMILES string of the molecule is CCNC(c1ccnnc1)c1sccc1C. The molecule has 0 fully saturated rings. The fraction of sp³-hybridized carbons (Fsp3) is 0.333. The van der Waals surface area contributed by atoms with Crippen molar-refractivity contribution in [2.45, 2.75) is 19.9 Å². The molecule has 2 heterocycles. The highest BCUT2D eigenvalue weighted by Gasteiger charge is 2.16. The lowest BCUT2D eigenvalue weighted by molar-refractivity contribution is 0.633. The highest BCUT2D eigenvalue weighted by molar-refractivity contribution is 7.10. The molecule has 1 N–H and O–H groups in total. The summed E-state index contributed by atoms with van der Waals surface area (Å²) in [6.07, 6.45) is 3.56. The van der Waals surface area contributed by atoms with Crippen LogP contribution in [-0.2, 0) is 0 Å². The summed E-state index contributed by atoms with van der Waals surface area (Å²) in [6, 6.07) is 4.40. The van der Waals surface area contributed by atoms with Crippen LogP contribution in [0.25, 0.3) is 0 Å². The lowest BCUT2D eigenvalue weighted by Gasteiger charge is -2.17. The number of rotatable bonds is 4. The summed E-state index contributed by atoms with van der Waals surface area (Å²) in [7, 11) is 0. The first kappa shape index (κ1) is 11.2. The van der Waals surface area contributed by atoms with Gasteiger partial charge in [0, 0.05) is 11.1 Å². The topological polar surface area (TPSA) is 37.8 Å². The first-order valence-corrected chi connectivity index (χ1v) is 6.25. The number of aryl methyl sites for hydroxylation is 1. The smallest absolute Gasteiger partial charge is 0.0689 e. The molecule has 0 aliphatic carbocycles. The lowest BCUT2D eigenvalue weighted by atomic mass is 10.1. The molecule has 84 valence electrons. The van der Waals surface area contributed by atoms with Crippen LogP contribution < -0.4 is 5.32 Å². The molecule has 2 aromatic rings. The van der Waals surface area contributed by atoms with Gasteiger partial charge in [0.25, 0.3) is 0 Å². The molecule has 0 bridgehead atoms. The summed E-state index contributed by atoms with van der Waals surface area (Å²) < 4.78 is 0. The molecule has 16 heavy (non-hydrogen) atoms. The summed E-state index contributed by atoms with van der Waals surface area (Å²) in [5.41, 5.74) is 2.50. The minimum atomic E-state index is 0.237. The molecule has 2 rings (SSSR count). The number of hydrogen-bond acceptors (Lipinski definition) is 4. The molecule has 4 heteroatoms. The Balaban J connectivity index is 2.35. The Morgan fingerprint density at radius 1 is 1.38 bits per heavy atom. The van der Waals surface area contributed by atoms with Crippen LogP contribution in [0.15, 0.2) is 29.9 Å². The van der Waals surface area contributed by atoms with Gasteiger partial charge >= 0.3 is 0 Å². The first-order chi connectivity index (χ1) is 7.83. The minimum Gasteiger partial charge on any atom is -0.306 e. The van der Waals surface area contributed by atoms with Gasteiger partial charge in [-0.25, -0.2) is 0 Å². The third-order valence-electron chi connectivity index (χ3n) is 2.51. The van der Waals surface area contributed by atoms with Gasteiger partial charge in [-0.15, -0.1) is 11.3 Å². The van der Waals surface area contributed by atoms with Gasteiger partial charge in [0.1, 0.15) is 0 Å². The van der Waals surface area contributed by atoms with E-state index >= 15 is 0 Å². The van der Waals surface area contributed by atoms with E-state index in [0.29, 0.717) is 0 Å². The Bertz CT molecular complexity index is 439. The molecular formula is C12H15N3S. The van der Waals surface area contributed by atoms with Gasteiger partial charge in [-0.2, -0.15) is 10.2 Å². The van der Waals surface area contributed by atoms with E-state index in [2.05, 4.69) is 40.8 Å². The molecule has 1 atom stereocenters. The number of thiophene rings is 1. The van der Waals surface area contributed by atoms with E-state index < -0.39 is 0 Å². The van der Waals surface area contributed by atoms with Crippen LogP contribution in [0.4, 0.5) is 0 Å². The van der Waals surface area contributed by atoms with Crippen LogP contribution in [0.2, 0.25) is 0 Å². The fourth-order valence-corrected chi connectivity index (χ4v) is 2.75. The van der Waals surface area contributed by atoms with Gasteiger partial charge < -0.3 is 5.32 Å². The van der Waals surface area contributed by atoms with Gasteiger partial charge in [-0.1, -0.05) is 6.92 Å². The average molecular weight is 233 g/mol. The third kappa shape index (κ3) is 2.28. The Kier molecular flexibility index (Phi) is 3.64. The zero-order valence-electron chi connectivity index (χ0n) is 9.47. The lowest BCUT2D eigenvalue weighted by Crippen LogP contribution is -2.21. The van der Waals surface area contributed by atoms with E-state index in [0.717, 1.165) is 6.54 Å². The second-order valence-electron chi connectivity index (χ2n) is 3.63. The maximum atomic E-state index is 3.94. The highest BCUT2D eigenvalue weighted by Crippen LogP contribution is 2.28. The van der Waals surface area contributed by atoms with Gasteiger partial charge in [0.2, 0.25) is 0 Å². The average Bonchev–Trinajstić information content (AvgIpc) is 2.73. The van der Waals surface area contributed by atoms with E-state index in [1.165, 1.54) is 16.0 Å². The molecule has 0 saturated carbocycles. The van der Waals surface area contributed by atoms with Crippen molar-refractivity contribution in [1.29, 1.82) is 0 Å². The van der Waals surface area contributed by atoms with Crippen molar-refractivity contribution in [3.05, 3.63) is 45.9 Å². The van der Waals surface area contributed by atoms with Crippen LogP contribution in [0.5, 0.6) is 0 Å². The number of nitrogens with zero attached hydrogens (tertiary/aromatic N) is 2. The summed E-state index contributed by atoms with van der Waals surface area (Å²) in [5.74, 6) is 0. The Morgan fingerprint density at radius 2 is 2.25 bits per heavy atom. The third-order valence-corrected chi connectivity index (χ3v) is 3.60. The predicted octanol–water partition coefficient (Wildman–Crippen LogP) is 2.55. The zero-order valence-corrected chi connectivity index (χ0v) is 10.3. The van der Waals surface area contributed by atoms with Crippen molar-refractivity contribution in [3.63, 3.8) is 0 Å². The van der Waals surface area contributed by atoms with Crippen LogP contribution in [0.1, 0.15) is 29.0 Å². The van der Waals surface area contributed by atoms with Crippen LogP contribution in [0.3, 0.4) is 0 Å². The predicted molar refractivity (Wildman–Crippen MR) is 66.6 cm³/mol. The van der Waals surface area contributed by atoms with E-state index in [9.17, 15) is 0 Å². The Hall–Kier alpha value is -1.26. The van der Waals surface area contributed by atoms with Crippen molar-refractivity contribution in [2.75, 3.05) is 6.54 Å². The molecule has 0 amide bonds.